The number of carbonyl (C=O) groups excluding carboxylic acids is 1. The lowest BCUT2D eigenvalue weighted by Gasteiger charge is -2.20. The SMILES string of the molecule is CC(C)C(SCc1ccccc1)C(=O)NCc1ccccc1[N+](=O)[O-]. The molecule has 132 valence electrons. The third-order valence-corrected chi connectivity index (χ3v) is 5.40. The number of nitro benzene ring substituents is 1. The molecule has 0 aromatic heterocycles. The highest BCUT2D eigenvalue weighted by molar-refractivity contribution is 7.99. The Kier molecular flexibility index (Phi) is 7.01. The number of carbonyl (C=O) groups is 1. The van der Waals surface area contributed by atoms with Crippen LogP contribution in [0.5, 0.6) is 0 Å². The van der Waals surface area contributed by atoms with Gasteiger partial charge in [-0.2, -0.15) is 0 Å². The molecule has 0 aliphatic carbocycles. The first-order valence-corrected chi connectivity index (χ1v) is 9.19. The number of para-hydroxylation sites is 1. The van der Waals surface area contributed by atoms with Crippen molar-refractivity contribution in [3.63, 3.8) is 0 Å². The highest BCUT2D eigenvalue weighted by Crippen LogP contribution is 2.24. The molecule has 2 aromatic carbocycles. The van der Waals surface area contributed by atoms with E-state index < -0.39 is 4.92 Å². The van der Waals surface area contributed by atoms with Crippen LogP contribution in [0, 0.1) is 16.0 Å². The molecule has 2 rings (SSSR count). The Morgan fingerprint density at radius 2 is 1.76 bits per heavy atom. The molecule has 25 heavy (non-hydrogen) atoms. The summed E-state index contributed by atoms with van der Waals surface area (Å²) >= 11 is 1.59. The van der Waals surface area contributed by atoms with E-state index >= 15 is 0 Å². The van der Waals surface area contributed by atoms with E-state index in [0.717, 1.165) is 5.75 Å². The molecular formula is C19H22N2O3S. The predicted octanol–water partition coefficient (Wildman–Crippen LogP) is 4.17. The molecule has 2 aromatic rings. The molecule has 6 heteroatoms. The molecule has 0 saturated carbocycles. The Balaban J connectivity index is 1.98. The van der Waals surface area contributed by atoms with Crippen molar-refractivity contribution in [3.05, 3.63) is 75.8 Å². The van der Waals surface area contributed by atoms with Gasteiger partial charge in [-0.05, 0) is 11.5 Å². The van der Waals surface area contributed by atoms with Gasteiger partial charge in [0.2, 0.25) is 5.91 Å². The standard InChI is InChI=1S/C19H22N2O3S/c1-14(2)18(25-13-15-8-4-3-5-9-15)19(22)20-12-16-10-6-7-11-17(16)21(23)24/h3-11,14,18H,12-13H2,1-2H3,(H,20,22). The highest BCUT2D eigenvalue weighted by Gasteiger charge is 2.23. The molecule has 0 aliphatic rings. The quantitative estimate of drug-likeness (QED) is 0.568. The molecule has 1 atom stereocenters. The second kappa shape index (κ2) is 9.22. The van der Waals surface area contributed by atoms with Crippen molar-refractivity contribution < 1.29 is 9.72 Å². The van der Waals surface area contributed by atoms with Crippen molar-refractivity contribution in [2.45, 2.75) is 31.4 Å². The lowest BCUT2D eigenvalue weighted by atomic mass is 10.1. The molecular weight excluding hydrogens is 336 g/mol. The fraction of sp³-hybridized carbons (Fsp3) is 0.316. The molecule has 0 spiro atoms. The Bertz CT molecular complexity index is 720. The van der Waals surface area contributed by atoms with E-state index in [9.17, 15) is 14.9 Å². The van der Waals surface area contributed by atoms with Crippen LogP contribution in [0.25, 0.3) is 0 Å². The first-order chi connectivity index (χ1) is 12.0. The minimum Gasteiger partial charge on any atom is -0.351 e. The van der Waals surface area contributed by atoms with Crippen LogP contribution in [0.3, 0.4) is 0 Å². The van der Waals surface area contributed by atoms with Crippen LogP contribution >= 0.6 is 11.8 Å². The van der Waals surface area contributed by atoms with Crippen molar-refractivity contribution in [3.8, 4) is 0 Å². The number of thioether (sulfide) groups is 1. The summed E-state index contributed by atoms with van der Waals surface area (Å²) < 4.78 is 0. The maximum Gasteiger partial charge on any atom is 0.274 e. The molecule has 1 unspecified atom stereocenters. The van der Waals surface area contributed by atoms with Crippen LogP contribution in [0.15, 0.2) is 54.6 Å². The number of benzene rings is 2. The number of hydrogen-bond donors (Lipinski definition) is 1. The van der Waals surface area contributed by atoms with E-state index in [4.69, 9.17) is 0 Å². The summed E-state index contributed by atoms with van der Waals surface area (Å²) in [4.78, 5) is 23.2. The molecule has 0 saturated heterocycles. The first kappa shape index (κ1) is 19.0. The normalized spacial score (nSPS) is 12.0. The van der Waals surface area contributed by atoms with Gasteiger partial charge in [-0.3, -0.25) is 14.9 Å². The fourth-order valence-electron chi connectivity index (χ4n) is 2.45. The van der Waals surface area contributed by atoms with E-state index in [1.54, 1.807) is 30.0 Å². The van der Waals surface area contributed by atoms with Crippen LogP contribution in [0.1, 0.15) is 25.0 Å². The predicted molar refractivity (Wildman–Crippen MR) is 101 cm³/mol. The Morgan fingerprint density at radius 3 is 2.40 bits per heavy atom. The summed E-state index contributed by atoms with van der Waals surface area (Å²) in [6, 6.07) is 16.5. The van der Waals surface area contributed by atoms with Crippen molar-refractivity contribution in [2.24, 2.45) is 5.92 Å². The van der Waals surface area contributed by atoms with E-state index in [1.807, 2.05) is 44.2 Å². The average molecular weight is 358 g/mol. The maximum absolute atomic E-state index is 12.6. The molecule has 1 N–H and O–H groups in total. The van der Waals surface area contributed by atoms with Gasteiger partial charge in [-0.25, -0.2) is 0 Å². The number of hydrogen-bond acceptors (Lipinski definition) is 4. The van der Waals surface area contributed by atoms with Crippen LogP contribution in [0.2, 0.25) is 0 Å². The lowest BCUT2D eigenvalue weighted by molar-refractivity contribution is -0.385. The zero-order valence-electron chi connectivity index (χ0n) is 14.3. The van der Waals surface area contributed by atoms with E-state index in [-0.39, 0.29) is 29.3 Å². The van der Waals surface area contributed by atoms with Gasteiger partial charge in [0.1, 0.15) is 0 Å². The van der Waals surface area contributed by atoms with E-state index in [0.29, 0.717) is 5.56 Å². The van der Waals surface area contributed by atoms with Gasteiger partial charge < -0.3 is 5.32 Å². The summed E-state index contributed by atoms with van der Waals surface area (Å²) in [7, 11) is 0. The monoisotopic (exact) mass is 358 g/mol. The third kappa shape index (κ3) is 5.60. The summed E-state index contributed by atoms with van der Waals surface area (Å²) in [6.45, 7) is 4.17. The van der Waals surface area contributed by atoms with Crippen molar-refractivity contribution >= 4 is 23.4 Å². The van der Waals surface area contributed by atoms with Gasteiger partial charge in [-0.1, -0.05) is 62.4 Å². The molecule has 0 fully saturated rings. The Hall–Kier alpha value is -2.34. The van der Waals surface area contributed by atoms with Crippen molar-refractivity contribution in [2.75, 3.05) is 0 Å². The van der Waals surface area contributed by atoms with Gasteiger partial charge in [0.25, 0.3) is 5.69 Å². The summed E-state index contributed by atoms with van der Waals surface area (Å²) in [5.74, 6) is 0.830. The van der Waals surface area contributed by atoms with Crippen LogP contribution in [-0.4, -0.2) is 16.1 Å². The minimum absolute atomic E-state index is 0.0286. The number of nitrogens with one attached hydrogen (secondary N) is 1. The summed E-state index contributed by atoms with van der Waals surface area (Å²) in [6.07, 6.45) is 0. The van der Waals surface area contributed by atoms with Crippen LogP contribution in [0.4, 0.5) is 5.69 Å². The second-order valence-electron chi connectivity index (χ2n) is 6.06. The van der Waals surface area contributed by atoms with Gasteiger partial charge in [0.15, 0.2) is 0 Å². The number of nitro groups is 1. The Labute approximate surface area is 152 Å². The molecule has 0 radical (unpaired) electrons. The van der Waals surface area contributed by atoms with Gasteiger partial charge in [0, 0.05) is 23.9 Å². The third-order valence-electron chi connectivity index (χ3n) is 3.78. The molecule has 0 heterocycles. The maximum atomic E-state index is 12.6. The van der Waals surface area contributed by atoms with Crippen LogP contribution in [-0.2, 0) is 17.1 Å². The fourth-order valence-corrected chi connectivity index (χ4v) is 3.64. The molecule has 1 amide bonds. The van der Waals surface area contributed by atoms with Crippen molar-refractivity contribution in [1.82, 2.24) is 5.32 Å². The van der Waals surface area contributed by atoms with Gasteiger partial charge in [-0.15, -0.1) is 11.8 Å². The lowest BCUT2D eigenvalue weighted by Crippen LogP contribution is -2.35. The highest BCUT2D eigenvalue weighted by atomic mass is 32.2. The van der Waals surface area contributed by atoms with E-state index in [2.05, 4.69) is 5.32 Å². The number of rotatable bonds is 8. The van der Waals surface area contributed by atoms with Crippen LogP contribution < -0.4 is 5.32 Å². The largest absolute Gasteiger partial charge is 0.351 e. The molecule has 0 aliphatic heterocycles. The summed E-state index contributed by atoms with van der Waals surface area (Å²) in [5, 5.41) is 13.7. The molecule has 5 nitrogen and oxygen atoms in total. The zero-order chi connectivity index (χ0) is 18.2. The van der Waals surface area contributed by atoms with Gasteiger partial charge >= 0.3 is 0 Å². The molecule has 0 bridgehead atoms. The average Bonchev–Trinajstić information content (AvgIpc) is 2.61. The first-order valence-electron chi connectivity index (χ1n) is 8.14. The zero-order valence-corrected chi connectivity index (χ0v) is 15.2. The smallest absolute Gasteiger partial charge is 0.274 e. The van der Waals surface area contributed by atoms with E-state index in [1.165, 1.54) is 11.6 Å². The minimum atomic E-state index is -0.425. The number of amides is 1. The summed E-state index contributed by atoms with van der Waals surface area (Å²) in [5.41, 5.74) is 1.71. The van der Waals surface area contributed by atoms with Crippen molar-refractivity contribution in [1.29, 1.82) is 0 Å². The topological polar surface area (TPSA) is 72.2 Å². The number of nitrogens with zero attached hydrogens (tertiary/aromatic N) is 1. The second-order valence-corrected chi connectivity index (χ2v) is 7.19. The van der Waals surface area contributed by atoms with Gasteiger partial charge in [0.05, 0.1) is 10.2 Å². The Morgan fingerprint density at radius 1 is 1.12 bits per heavy atom.